The Hall–Kier alpha value is -2.01. The van der Waals surface area contributed by atoms with E-state index in [9.17, 15) is 8.42 Å². The van der Waals surface area contributed by atoms with Crippen molar-refractivity contribution in [2.24, 2.45) is 0 Å². The van der Waals surface area contributed by atoms with Gasteiger partial charge in [-0.2, -0.15) is 0 Å². The lowest BCUT2D eigenvalue weighted by atomic mass is 10.1. The first kappa shape index (κ1) is 14.9. The van der Waals surface area contributed by atoms with Crippen molar-refractivity contribution in [3.05, 3.63) is 53.1 Å². The second kappa shape index (κ2) is 5.65. The quantitative estimate of drug-likeness (QED) is 0.936. The largest absolute Gasteiger partial charge is 0.455 e. The van der Waals surface area contributed by atoms with E-state index in [0.717, 1.165) is 31.1 Å². The Labute approximate surface area is 131 Å². The number of hydrogen-bond acceptors (Lipinski definition) is 3. The normalized spacial score (nSPS) is 13.7. The fourth-order valence-electron chi connectivity index (χ4n) is 2.70. The first-order valence-corrected chi connectivity index (χ1v) is 9.18. The molecule has 1 aliphatic carbocycles. The second-order valence-electron chi connectivity index (χ2n) is 5.76. The Morgan fingerprint density at radius 1 is 1.05 bits per heavy atom. The summed E-state index contributed by atoms with van der Waals surface area (Å²) in [6.07, 6.45) is 4.24. The molecular weight excluding hydrogens is 298 g/mol. The molecule has 0 aromatic heterocycles. The Morgan fingerprint density at radius 2 is 1.68 bits per heavy atom. The van der Waals surface area contributed by atoms with E-state index >= 15 is 0 Å². The van der Waals surface area contributed by atoms with Gasteiger partial charge in [0, 0.05) is 0 Å². The fourth-order valence-corrected chi connectivity index (χ4v) is 3.26. The number of hydrogen-bond donors (Lipinski definition) is 1. The van der Waals surface area contributed by atoms with Gasteiger partial charge in [0.25, 0.3) is 0 Å². The average Bonchev–Trinajstić information content (AvgIpc) is 2.87. The molecule has 0 saturated carbocycles. The van der Waals surface area contributed by atoms with E-state index in [0.29, 0.717) is 17.2 Å². The zero-order valence-electron chi connectivity index (χ0n) is 12.7. The molecule has 0 bridgehead atoms. The van der Waals surface area contributed by atoms with Crippen LogP contribution in [0.15, 0.2) is 36.4 Å². The summed E-state index contributed by atoms with van der Waals surface area (Å²) < 4.78 is 31.6. The number of aryl methyl sites for hydroxylation is 3. The highest BCUT2D eigenvalue weighted by atomic mass is 32.2. The maximum absolute atomic E-state index is 11.6. The first-order chi connectivity index (χ1) is 10.4. The molecule has 3 rings (SSSR count). The van der Waals surface area contributed by atoms with E-state index < -0.39 is 10.0 Å². The van der Waals surface area contributed by atoms with Gasteiger partial charge in [0.15, 0.2) is 5.75 Å². The van der Waals surface area contributed by atoms with Gasteiger partial charge in [-0.15, -0.1) is 0 Å². The molecule has 0 spiro atoms. The molecule has 2 aromatic carbocycles. The summed E-state index contributed by atoms with van der Waals surface area (Å²) in [7, 11) is -3.35. The Morgan fingerprint density at radius 3 is 2.32 bits per heavy atom. The molecule has 5 heteroatoms. The SMILES string of the molecule is Cc1ccc(Oc2cc3c(cc2NS(C)(=O)=O)CCC3)cc1. The molecule has 2 aromatic rings. The van der Waals surface area contributed by atoms with Crippen molar-refractivity contribution in [1.82, 2.24) is 0 Å². The molecule has 1 aliphatic rings. The lowest BCUT2D eigenvalue weighted by molar-refractivity contribution is 0.484. The third-order valence-corrected chi connectivity index (χ3v) is 4.33. The van der Waals surface area contributed by atoms with Crippen molar-refractivity contribution in [2.45, 2.75) is 26.2 Å². The van der Waals surface area contributed by atoms with Gasteiger partial charge in [0.05, 0.1) is 11.9 Å². The van der Waals surface area contributed by atoms with Crippen molar-refractivity contribution in [1.29, 1.82) is 0 Å². The molecular formula is C17H19NO3S. The zero-order valence-corrected chi connectivity index (χ0v) is 13.5. The highest BCUT2D eigenvalue weighted by Gasteiger charge is 2.18. The van der Waals surface area contributed by atoms with Gasteiger partial charge in [0.2, 0.25) is 10.0 Å². The number of nitrogens with one attached hydrogen (secondary N) is 1. The summed E-state index contributed by atoms with van der Waals surface area (Å²) in [6.45, 7) is 2.01. The Kier molecular flexibility index (Phi) is 3.83. The van der Waals surface area contributed by atoms with Crippen LogP contribution in [0.25, 0.3) is 0 Å². The number of benzene rings is 2. The number of anilines is 1. The van der Waals surface area contributed by atoms with Crippen molar-refractivity contribution in [3.63, 3.8) is 0 Å². The third-order valence-electron chi connectivity index (χ3n) is 3.74. The molecule has 22 heavy (non-hydrogen) atoms. The second-order valence-corrected chi connectivity index (χ2v) is 7.51. The highest BCUT2D eigenvalue weighted by molar-refractivity contribution is 7.92. The Balaban J connectivity index is 1.99. The van der Waals surface area contributed by atoms with E-state index in [4.69, 9.17) is 4.74 Å². The number of ether oxygens (including phenoxy) is 1. The van der Waals surface area contributed by atoms with Crippen LogP contribution in [0.4, 0.5) is 5.69 Å². The number of fused-ring (bicyclic) bond motifs is 1. The van der Waals surface area contributed by atoms with Gasteiger partial charge in [-0.3, -0.25) is 4.72 Å². The van der Waals surface area contributed by atoms with Crippen LogP contribution in [0.1, 0.15) is 23.1 Å². The summed E-state index contributed by atoms with van der Waals surface area (Å²) in [4.78, 5) is 0. The summed E-state index contributed by atoms with van der Waals surface area (Å²) in [5.41, 5.74) is 4.09. The predicted octanol–water partition coefficient (Wildman–Crippen LogP) is 3.65. The maximum Gasteiger partial charge on any atom is 0.229 e. The molecule has 116 valence electrons. The van der Waals surface area contributed by atoms with Crippen LogP contribution >= 0.6 is 0 Å². The van der Waals surface area contributed by atoms with Crippen LogP contribution < -0.4 is 9.46 Å². The first-order valence-electron chi connectivity index (χ1n) is 7.29. The van der Waals surface area contributed by atoms with Crippen LogP contribution in [-0.4, -0.2) is 14.7 Å². The van der Waals surface area contributed by atoms with E-state index in [-0.39, 0.29) is 0 Å². The van der Waals surface area contributed by atoms with Gasteiger partial charge < -0.3 is 4.74 Å². The molecule has 0 aliphatic heterocycles. The maximum atomic E-state index is 11.6. The average molecular weight is 317 g/mol. The molecule has 0 saturated heterocycles. The van der Waals surface area contributed by atoms with Crippen molar-refractivity contribution in [2.75, 3.05) is 11.0 Å². The number of sulfonamides is 1. The predicted molar refractivity (Wildman–Crippen MR) is 88.2 cm³/mol. The highest BCUT2D eigenvalue weighted by Crippen LogP contribution is 2.36. The zero-order chi connectivity index (χ0) is 15.7. The smallest absolute Gasteiger partial charge is 0.229 e. The molecule has 0 unspecified atom stereocenters. The van der Waals surface area contributed by atoms with Crippen molar-refractivity contribution >= 4 is 15.7 Å². The van der Waals surface area contributed by atoms with E-state index in [2.05, 4.69) is 4.72 Å². The van der Waals surface area contributed by atoms with Gasteiger partial charge >= 0.3 is 0 Å². The summed E-state index contributed by atoms with van der Waals surface area (Å²) in [5, 5.41) is 0. The summed E-state index contributed by atoms with van der Waals surface area (Å²) in [6, 6.07) is 11.5. The minimum absolute atomic E-state index is 0.503. The van der Waals surface area contributed by atoms with Gasteiger partial charge in [0.1, 0.15) is 5.75 Å². The molecule has 1 N–H and O–H groups in total. The van der Waals surface area contributed by atoms with Crippen molar-refractivity contribution < 1.29 is 13.2 Å². The lowest BCUT2D eigenvalue weighted by Crippen LogP contribution is -2.11. The standard InChI is InChI=1S/C17H19NO3S/c1-12-6-8-15(9-7-12)21-17-11-14-5-3-4-13(14)10-16(17)18-22(2,19)20/h6-11,18H,3-5H2,1-2H3. The van der Waals surface area contributed by atoms with Crippen LogP contribution in [-0.2, 0) is 22.9 Å². The van der Waals surface area contributed by atoms with E-state index in [1.54, 1.807) is 0 Å². The molecule has 0 amide bonds. The van der Waals surface area contributed by atoms with E-state index in [1.807, 2.05) is 43.3 Å². The topological polar surface area (TPSA) is 55.4 Å². The Bertz CT molecular complexity index is 795. The van der Waals surface area contributed by atoms with Crippen LogP contribution in [0, 0.1) is 6.92 Å². The van der Waals surface area contributed by atoms with Gasteiger partial charge in [-0.25, -0.2) is 8.42 Å². The molecule has 0 heterocycles. The van der Waals surface area contributed by atoms with E-state index in [1.165, 1.54) is 11.1 Å². The minimum Gasteiger partial charge on any atom is -0.455 e. The van der Waals surface area contributed by atoms with Gasteiger partial charge in [-0.1, -0.05) is 17.7 Å². The molecule has 4 nitrogen and oxygen atoms in total. The molecule has 0 radical (unpaired) electrons. The number of rotatable bonds is 4. The van der Waals surface area contributed by atoms with Crippen LogP contribution in [0.5, 0.6) is 11.5 Å². The van der Waals surface area contributed by atoms with Gasteiger partial charge in [-0.05, 0) is 61.6 Å². The summed E-state index contributed by atoms with van der Waals surface area (Å²) in [5.74, 6) is 1.25. The molecule has 0 fully saturated rings. The third kappa shape index (κ3) is 3.42. The van der Waals surface area contributed by atoms with Crippen molar-refractivity contribution in [3.8, 4) is 11.5 Å². The lowest BCUT2D eigenvalue weighted by Gasteiger charge is -2.14. The fraction of sp³-hybridized carbons (Fsp3) is 0.294. The van der Waals surface area contributed by atoms with Crippen LogP contribution in [0.3, 0.4) is 0 Å². The monoisotopic (exact) mass is 317 g/mol. The minimum atomic E-state index is -3.35. The van der Waals surface area contributed by atoms with Crippen LogP contribution in [0.2, 0.25) is 0 Å². The molecule has 0 atom stereocenters. The summed E-state index contributed by atoms with van der Waals surface area (Å²) >= 11 is 0.